The first-order valence-corrected chi connectivity index (χ1v) is 12.5. The summed E-state index contributed by atoms with van der Waals surface area (Å²) >= 11 is 6.33. The number of amides is 2. The summed E-state index contributed by atoms with van der Waals surface area (Å²) in [6, 6.07) is 11.4. The molecule has 3 aliphatic heterocycles. The summed E-state index contributed by atoms with van der Waals surface area (Å²) in [6.07, 6.45) is 2.64. The highest BCUT2D eigenvalue weighted by molar-refractivity contribution is 6.38. The highest BCUT2D eigenvalue weighted by Crippen LogP contribution is 2.38. The highest BCUT2D eigenvalue weighted by Gasteiger charge is 2.33. The van der Waals surface area contributed by atoms with Crippen molar-refractivity contribution in [2.75, 3.05) is 39.4 Å². The number of amidine groups is 1. The fourth-order valence-electron chi connectivity index (χ4n) is 4.76. The second-order valence-electron chi connectivity index (χ2n) is 9.24. The van der Waals surface area contributed by atoms with Crippen molar-refractivity contribution in [1.29, 1.82) is 0 Å². The van der Waals surface area contributed by atoms with Crippen LogP contribution in [0.5, 0.6) is 11.5 Å². The smallest absolute Gasteiger partial charge is 0.289 e. The number of rotatable bonds is 3. The van der Waals surface area contributed by atoms with E-state index in [0.717, 1.165) is 17.6 Å². The van der Waals surface area contributed by atoms with Crippen molar-refractivity contribution < 1.29 is 19.1 Å². The van der Waals surface area contributed by atoms with Gasteiger partial charge in [0.1, 0.15) is 13.2 Å². The molecule has 1 atom stereocenters. The van der Waals surface area contributed by atoms with Crippen LogP contribution in [0.1, 0.15) is 34.8 Å². The van der Waals surface area contributed by atoms with E-state index in [-0.39, 0.29) is 17.9 Å². The van der Waals surface area contributed by atoms with E-state index in [4.69, 9.17) is 21.1 Å². The molecule has 2 aromatic carbocycles. The maximum absolute atomic E-state index is 13.3. The van der Waals surface area contributed by atoms with Crippen molar-refractivity contribution in [3.05, 3.63) is 64.3 Å². The third kappa shape index (κ3) is 4.91. The van der Waals surface area contributed by atoms with Crippen LogP contribution in [0.15, 0.2) is 47.6 Å². The lowest BCUT2D eigenvalue weighted by molar-refractivity contribution is -0.128. The largest absolute Gasteiger partial charge is 0.486 e. The molecule has 188 valence electrons. The zero-order valence-electron chi connectivity index (χ0n) is 20.4. The number of carbonyl (C=O) groups excluding carboxylic acids is 2. The van der Waals surface area contributed by atoms with E-state index in [1.807, 2.05) is 19.2 Å². The lowest BCUT2D eigenvalue weighted by Gasteiger charge is -2.40. The van der Waals surface area contributed by atoms with Crippen LogP contribution < -0.4 is 14.8 Å². The Balaban J connectivity index is 1.24. The summed E-state index contributed by atoms with van der Waals surface area (Å²) in [6.45, 7) is 6.62. The number of hydrogen-bond donors (Lipinski definition) is 1. The predicted molar refractivity (Wildman–Crippen MR) is 139 cm³/mol. The lowest BCUT2D eigenvalue weighted by Crippen LogP contribution is -2.57. The molecule has 8 nitrogen and oxygen atoms in total. The Morgan fingerprint density at radius 1 is 1.11 bits per heavy atom. The molecule has 2 amide bonds. The number of aryl methyl sites for hydroxylation is 1. The molecule has 3 aliphatic rings. The van der Waals surface area contributed by atoms with Crippen molar-refractivity contribution in [2.24, 2.45) is 4.99 Å². The van der Waals surface area contributed by atoms with E-state index < -0.39 is 0 Å². The molecule has 0 spiro atoms. The SMILES string of the molecule is Cc1cccc(C2=CNC(C(=O)N3CCN(C(=O)c4cc(Cl)c5c(c4)OCCO5)CC3C)=NCC2)c1. The Morgan fingerprint density at radius 2 is 1.94 bits per heavy atom. The summed E-state index contributed by atoms with van der Waals surface area (Å²) < 4.78 is 11.2. The Morgan fingerprint density at radius 3 is 2.75 bits per heavy atom. The van der Waals surface area contributed by atoms with Crippen LogP contribution in [-0.4, -0.2) is 72.9 Å². The van der Waals surface area contributed by atoms with Gasteiger partial charge in [-0.05, 0) is 43.5 Å². The zero-order valence-corrected chi connectivity index (χ0v) is 21.2. The van der Waals surface area contributed by atoms with Crippen molar-refractivity contribution in [1.82, 2.24) is 15.1 Å². The minimum Gasteiger partial charge on any atom is -0.486 e. The maximum Gasteiger partial charge on any atom is 0.289 e. The second-order valence-corrected chi connectivity index (χ2v) is 9.65. The van der Waals surface area contributed by atoms with Crippen LogP contribution in [0, 0.1) is 6.92 Å². The molecule has 1 saturated heterocycles. The number of nitrogens with one attached hydrogen (secondary N) is 1. The van der Waals surface area contributed by atoms with E-state index in [2.05, 4.69) is 35.4 Å². The molecule has 5 rings (SSSR count). The number of fused-ring (bicyclic) bond motifs is 1. The van der Waals surface area contributed by atoms with Gasteiger partial charge >= 0.3 is 0 Å². The van der Waals surface area contributed by atoms with Gasteiger partial charge in [-0.1, -0.05) is 41.4 Å². The molecule has 1 N–H and O–H groups in total. The van der Waals surface area contributed by atoms with Crippen LogP contribution in [0.3, 0.4) is 0 Å². The van der Waals surface area contributed by atoms with Gasteiger partial charge in [0.15, 0.2) is 17.3 Å². The fourth-order valence-corrected chi connectivity index (χ4v) is 5.03. The van der Waals surface area contributed by atoms with Crippen LogP contribution >= 0.6 is 11.6 Å². The molecule has 1 unspecified atom stereocenters. The van der Waals surface area contributed by atoms with Crippen molar-refractivity contribution in [3.8, 4) is 11.5 Å². The number of ether oxygens (including phenoxy) is 2. The topological polar surface area (TPSA) is 83.5 Å². The van der Waals surface area contributed by atoms with Crippen LogP contribution in [0.2, 0.25) is 5.02 Å². The number of benzene rings is 2. The van der Waals surface area contributed by atoms with Crippen LogP contribution in [-0.2, 0) is 4.79 Å². The lowest BCUT2D eigenvalue weighted by atomic mass is 10.0. The number of halogens is 1. The molecule has 0 bridgehead atoms. The van der Waals surface area contributed by atoms with Crippen LogP contribution in [0.4, 0.5) is 0 Å². The first-order valence-electron chi connectivity index (χ1n) is 12.2. The monoisotopic (exact) mass is 508 g/mol. The Kier molecular flexibility index (Phi) is 6.87. The standard InChI is InChI=1S/C27H29ClN4O4/c1-17-4-3-5-19(12-17)20-6-7-29-25(30-15-20)27(34)32-9-8-31(16-18(32)2)26(33)21-13-22(28)24-23(14-21)35-10-11-36-24/h3-5,12-15,18H,6-11,16H2,1-2H3,(H,29,30). The van der Waals surface area contributed by atoms with Crippen molar-refractivity contribution in [3.63, 3.8) is 0 Å². The molecular weight excluding hydrogens is 480 g/mol. The fraction of sp³-hybridized carbons (Fsp3) is 0.370. The second kappa shape index (κ2) is 10.2. The summed E-state index contributed by atoms with van der Waals surface area (Å²) in [7, 11) is 0. The van der Waals surface area contributed by atoms with E-state index in [0.29, 0.717) is 67.3 Å². The van der Waals surface area contributed by atoms with E-state index in [1.54, 1.807) is 21.9 Å². The summed E-state index contributed by atoms with van der Waals surface area (Å²) in [5.74, 6) is 0.985. The van der Waals surface area contributed by atoms with Gasteiger partial charge in [0.05, 0.1) is 5.02 Å². The Bertz CT molecular complexity index is 1260. The minimum atomic E-state index is -0.171. The predicted octanol–water partition coefficient (Wildman–Crippen LogP) is 3.53. The molecule has 0 saturated carbocycles. The third-order valence-electron chi connectivity index (χ3n) is 6.64. The van der Waals surface area contributed by atoms with Gasteiger partial charge < -0.3 is 24.6 Å². The summed E-state index contributed by atoms with van der Waals surface area (Å²) in [4.78, 5) is 34.6. The van der Waals surface area contributed by atoms with Gasteiger partial charge in [0.2, 0.25) is 0 Å². The van der Waals surface area contributed by atoms with E-state index in [9.17, 15) is 9.59 Å². The number of hydrogen-bond acceptors (Lipinski definition) is 6. The highest BCUT2D eigenvalue weighted by atomic mass is 35.5. The van der Waals surface area contributed by atoms with Crippen molar-refractivity contribution in [2.45, 2.75) is 26.3 Å². The number of nitrogens with zero attached hydrogens (tertiary/aromatic N) is 3. The number of piperazine rings is 1. The maximum atomic E-state index is 13.3. The number of carbonyl (C=O) groups is 2. The molecule has 2 aromatic rings. The first-order chi connectivity index (χ1) is 17.4. The van der Waals surface area contributed by atoms with E-state index in [1.165, 1.54) is 5.56 Å². The molecule has 1 fully saturated rings. The molecular formula is C27H29ClN4O4. The Hall–Kier alpha value is -3.52. The van der Waals surface area contributed by atoms with Gasteiger partial charge in [-0.3, -0.25) is 14.6 Å². The normalized spacial score (nSPS) is 19.6. The quantitative estimate of drug-likeness (QED) is 0.686. The third-order valence-corrected chi connectivity index (χ3v) is 6.93. The molecule has 36 heavy (non-hydrogen) atoms. The van der Waals surface area contributed by atoms with Crippen molar-refractivity contribution >= 4 is 34.8 Å². The zero-order chi connectivity index (χ0) is 25.2. The summed E-state index contributed by atoms with van der Waals surface area (Å²) in [5.41, 5.74) is 3.88. The molecule has 0 aromatic heterocycles. The molecule has 3 heterocycles. The van der Waals surface area contributed by atoms with Gasteiger partial charge in [0.25, 0.3) is 11.8 Å². The summed E-state index contributed by atoms with van der Waals surface area (Å²) in [5, 5.41) is 3.49. The van der Waals surface area contributed by atoms with E-state index >= 15 is 0 Å². The Labute approximate surface area is 215 Å². The molecule has 9 heteroatoms. The average Bonchev–Trinajstić information content (AvgIpc) is 3.14. The van der Waals surface area contributed by atoms with Gasteiger partial charge in [-0.15, -0.1) is 0 Å². The van der Waals surface area contributed by atoms with Gasteiger partial charge in [0, 0.05) is 44.0 Å². The van der Waals surface area contributed by atoms with Crippen LogP contribution in [0.25, 0.3) is 5.57 Å². The minimum absolute atomic E-state index is 0.150. The van der Waals surface area contributed by atoms with Gasteiger partial charge in [-0.25, -0.2) is 0 Å². The van der Waals surface area contributed by atoms with Gasteiger partial charge in [-0.2, -0.15) is 0 Å². The number of aliphatic imine (C=N–C) groups is 1. The molecule has 0 aliphatic carbocycles. The molecule has 0 radical (unpaired) electrons. The first kappa shape index (κ1) is 24.2. The average molecular weight is 509 g/mol.